The van der Waals surface area contributed by atoms with Crippen LogP contribution < -0.4 is 5.32 Å². The van der Waals surface area contributed by atoms with Gasteiger partial charge in [0.25, 0.3) is 0 Å². The van der Waals surface area contributed by atoms with Crippen LogP contribution in [0.25, 0.3) is 11.1 Å². The van der Waals surface area contributed by atoms with E-state index < -0.39 is 35.7 Å². The van der Waals surface area contributed by atoms with Crippen LogP contribution in [-0.2, 0) is 4.74 Å². The zero-order valence-electron chi connectivity index (χ0n) is 17.4. The van der Waals surface area contributed by atoms with Crippen molar-refractivity contribution in [1.29, 1.82) is 0 Å². The molecular weight excluding hydrogens is 429 g/mol. The van der Waals surface area contributed by atoms with Crippen molar-refractivity contribution in [2.45, 2.75) is 18.1 Å². The van der Waals surface area contributed by atoms with E-state index in [0.717, 1.165) is 34.4 Å². The van der Waals surface area contributed by atoms with E-state index >= 15 is 0 Å². The van der Waals surface area contributed by atoms with Gasteiger partial charge in [-0.2, -0.15) is 0 Å². The Morgan fingerprint density at radius 3 is 2.15 bits per heavy atom. The van der Waals surface area contributed by atoms with Gasteiger partial charge >= 0.3 is 12.1 Å². The van der Waals surface area contributed by atoms with Crippen LogP contribution in [-0.4, -0.2) is 46.6 Å². The standard InChI is InChI=1S/C25H22FNO6/c26-21-11-14(9-10-19(21)24(30)31)23(29)22(28)12-27-25(32)33-13-20-17-7-3-1-5-15(17)16-6-2-4-8-18(16)20/h1-11,20,22-23,28-29H,12-13H2,(H,27,32)(H,30,31). The highest BCUT2D eigenvalue weighted by Gasteiger charge is 2.29. The summed E-state index contributed by atoms with van der Waals surface area (Å²) >= 11 is 0. The fraction of sp³-hybridized carbons (Fsp3) is 0.200. The Balaban J connectivity index is 1.34. The van der Waals surface area contributed by atoms with Crippen molar-refractivity contribution < 1.29 is 34.0 Å². The van der Waals surface area contributed by atoms with E-state index in [0.29, 0.717) is 0 Å². The second-order valence-electron chi connectivity index (χ2n) is 7.76. The minimum atomic E-state index is -1.53. The van der Waals surface area contributed by atoms with Gasteiger partial charge in [0.2, 0.25) is 0 Å². The summed E-state index contributed by atoms with van der Waals surface area (Å²) in [5.74, 6) is -2.59. The van der Waals surface area contributed by atoms with Crippen LogP contribution in [0, 0.1) is 5.82 Å². The summed E-state index contributed by atoms with van der Waals surface area (Å²) in [4.78, 5) is 23.1. The number of nitrogens with one attached hydrogen (secondary N) is 1. The fourth-order valence-electron chi connectivity index (χ4n) is 4.06. The second kappa shape index (κ2) is 9.40. The van der Waals surface area contributed by atoms with Crippen molar-refractivity contribution in [2.75, 3.05) is 13.2 Å². The Bertz CT molecular complexity index is 1150. The number of ether oxygens (including phenoxy) is 1. The van der Waals surface area contributed by atoms with Crippen LogP contribution in [0.5, 0.6) is 0 Å². The van der Waals surface area contributed by atoms with E-state index in [4.69, 9.17) is 9.84 Å². The highest BCUT2D eigenvalue weighted by Crippen LogP contribution is 2.44. The summed E-state index contributed by atoms with van der Waals surface area (Å²) in [6.45, 7) is -0.249. The number of carbonyl (C=O) groups excluding carboxylic acids is 1. The zero-order valence-corrected chi connectivity index (χ0v) is 17.4. The van der Waals surface area contributed by atoms with Crippen LogP contribution >= 0.6 is 0 Å². The summed E-state index contributed by atoms with van der Waals surface area (Å²) in [7, 11) is 0. The molecule has 3 aromatic rings. The van der Waals surface area contributed by atoms with E-state index in [9.17, 15) is 24.2 Å². The number of carbonyl (C=O) groups is 2. The maximum absolute atomic E-state index is 13.8. The molecule has 1 aliphatic carbocycles. The van der Waals surface area contributed by atoms with E-state index in [2.05, 4.69) is 5.32 Å². The first-order valence-electron chi connectivity index (χ1n) is 10.3. The highest BCUT2D eigenvalue weighted by molar-refractivity contribution is 5.88. The topological polar surface area (TPSA) is 116 Å². The first-order chi connectivity index (χ1) is 15.9. The average Bonchev–Trinajstić information content (AvgIpc) is 3.14. The van der Waals surface area contributed by atoms with E-state index in [-0.39, 0.29) is 24.6 Å². The van der Waals surface area contributed by atoms with Gasteiger partial charge in [0, 0.05) is 12.5 Å². The lowest BCUT2D eigenvalue weighted by Gasteiger charge is -2.19. The Morgan fingerprint density at radius 2 is 1.58 bits per heavy atom. The SMILES string of the molecule is O=C(NCC(O)C(O)c1ccc(C(=O)O)c(F)c1)OCC1c2ccccc2-c2ccccc21. The number of aromatic carboxylic acids is 1. The Labute approximate surface area is 189 Å². The minimum absolute atomic E-state index is 0.0145. The summed E-state index contributed by atoms with van der Waals surface area (Å²) in [5.41, 5.74) is 3.77. The number of aliphatic hydroxyl groups is 2. The largest absolute Gasteiger partial charge is 0.478 e. The molecule has 170 valence electrons. The molecule has 4 rings (SSSR count). The lowest BCUT2D eigenvalue weighted by Crippen LogP contribution is -2.36. The van der Waals surface area contributed by atoms with Crippen LogP contribution in [0.2, 0.25) is 0 Å². The molecule has 0 aliphatic heterocycles. The smallest absolute Gasteiger partial charge is 0.407 e. The van der Waals surface area contributed by atoms with Crippen molar-refractivity contribution in [3.8, 4) is 11.1 Å². The van der Waals surface area contributed by atoms with E-state index in [1.165, 1.54) is 6.07 Å². The predicted molar refractivity (Wildman–Crippen MR) is 117 cm³/mol. The van der Waals surface area contributed by atoms with Crippen molar-refractivity contribution in [3.05, 3.63) is 94.8 Å². The van der Waals surface area contributed by atoms with Gasteiger partial charge in [-0.15, -0.1) is 0 Å². The number of aliphatic hydroxyl groups excluding tert-OH is 2. The van der Waals surface area contributed by atoms with Gasteiger partial charge in [-0.3, -0.25) is 0 Å². The predicted octanol–water partition coefficient (Wildman–Crippen LogP) is 3.46. The van der Waals surface area contributed by atoms with Crippen LogP contribution in [0.1, 0.15) is 39.1 Å². The quantitative estimate of drug-likeness (QED) is 0.437. The molecule has 0 spiro atoms. The summed E-state index contributed by atoms with van der Waals surface area (Å²) in [5, 5.41) is 31.7. The number of amides is 1. The molecule has 0 saturated heterocycles. The summed E-state index contributed by atoms with van der Waals surface area (Å²) in [6, 6.07) is 18.9. The van der Waals surface area contributed by atoms with E-state index in [1.807, 2.05) is 48.5 Å². The summed E-state index contributed by atoms with van der Waals surface area (Å²) < 4.78 is 19.2. The lowest BCUT2D eigenvalue weighted by molar-refractivity contribution is 0.0183. The molecule has 0 heterocycles. The molecular formula is C25H22FNO6. The third-order valence-corrected chi connectivity index (χ3v) is 5.73. The first kappa shape index (κ1) is 22.4. The number of hydrogen-bond donors (Lipinski definition) is 4. The van der Waals surface area contributed by atoms with Gasteiger partial charge in [-0.25, -0.2) is 14.0 Å². The molecule has 8 heteroatoms. The molecule has 3 aromatic carbocycles. The van der Waals surface area contributed by atoms with Crippen molar-refractivity contribution in [3.63, 3.8) is 0 Å². The van der Waals surface area contributed by atoms with Gasteiger partial charge in [-0.1, -0.05) is 54.6 Å². The molecule has 0 bridgehead atoms. The molecule has 33 heavy (non-hydrogen) atoms. The summed E-state index contributed by atoms with van der Waals surface area (Å²) in [6.07, 6.45) is -3.76. The van der Waals surface area contributed by atoms with Crippen LogP contribution in [0.15, 0.2) is 66.7 Å². The molecule has 2 unspecified atom stereocenters. The van der Waals surface area contributed by atoms with Crippen molar-refractivity contribution in [1.82, 2.24) is 5.32 Å². The number of rotatable bonds is 7. The highest BCUT2D eigenvalue weighted by atomic mass is 19.1. The maximum atomic E-state index is 13.8. The lowest BCUT2D eigenvalue weighted by atomic mass is 9.98. The van der Waals surface area contributed by atoms with Gasteiger partial charge in [0.15, 0.2) is 0 Å². The second-order valence-corrected chi connectivity index (χ2v) is 7.76. The number of benzene rings is 3. The molecule has 7 nitrogen and oxygen atoms in total. The molecule has 1 amide bonds. The van der Waals surface area contributed by atoms with Gasteiger partial charge in [-0.05, 0) is 39.9 Å². The minimum Gasteiger partial charge on any atom is -0.478 e. The number of alkyl carbamates (subject to hydrolysis) is 1. The third kappa shape index (κ3) is 4.57. The molecule has 1 aliphatic rings. The monoisotopic (exact) mass is 451 g/mol. The third-order valence-electron chi connectivity index (χ3n) is 5.73. The number of carboxylic acid groups (broad SMARTS) is 1. The molecule has 4 N–H and O–H groups in total. The van der Waals surface area contributed by atoms with Crippen LogP contribution in [0.3, 0.4) is 0 Å². The normalized spacial score (nSPS) is 14.2. The molecule has 0 radical (unpaired) electrons. The number of fused-ring (bicyclic) bond motifs is 3. The van der Waals surface area contributed by atoms with Crippen LogP contribution in [0.4, 0.5) is 9.18 Å². The molecule has 0 aromatic heterocycles. The Morgan fingerprint density at radius 1 is 0.970 bits per heavy atom. The van der Waals surface area contributed by atoms with Gasteiger partial charge in [0.1, 0.15) is 24.6 Å². The van der Waals surface area contributed by atoms with Gasteiger partial charge in [0.05, 0.1) is 5.56 Å². The van der Waals surface area contributed by atoms with Crippen molar-refractivity contribution >= 4 is 12.1 Å². The number of halogens is 1. The number of hydrogen-bond acceptors (Lipinski definition) is 5. The number of carboxylic acids is 1. The zero-order chi connectivity index (χ0) is 23.5. The van der Waals surface area contributed by atoms with E-state index in [1.54, 1.807) is 0 Å². The molecule has 0 fully saturated rings. The maximum Gasteiger partial charge on any atom is 0.407 e. The Kier molecular flexibility index (Phi) is 6.39. The average molecular weight is 451 g/mol. The first-order valence-corrected chi connectivity index (χ1v) is 10.3. The Hall–Kier alpha value is -3.75. The molecule has 2 atom stereocenters. The van der Waals surface area contributed by atoms with Crippen molar-refractivity contribution in [2.24, 2.45) is 0 Å². The van der Waals surface area contributed by atoms with Gasteiger partial charge < -0.3 is 25.4 Å². The fourth-order valence-corrected chi connectivity index (χ4v) is 4.06. The molecule has 0 saturated carbocycles.